The molecule has 1 aromatic carbocycles. The number of nitrogens with zero attached hydrogens (tertiary/aromatic N) is 2. The van der Waals surface area contributed by atoms with E-state index in [1.807, 2.05) is 0 Å². The van der Waals surface area contributed by atoms with Crippen LogP contribution in [-0.2, 0) is 21.4 Å². The van der Waals surface area contributed by atoms with Crippen molar-refractivity contribution in [1.29, 1.82) is 0 Å². The Kier molecular flexibility index (Phi) is 4.20. The van der Waals surface area contributed by atoms with Gasteiger partial charge in [0.25, 0.3) is 15.9 Å². The van der Waals surface area contributed by atoms with Gasteiger partial charge < -0.3 is 4.90 Å². The van der Waals surface area contributed by atoms with Crippen LogP contribution in [-0.4, -0.2) is 42.7 Å². The fraction of sp³-hybridized carbons (Fsp3) is 0.294. The van der Waals surface area contributed by atoms with E-state index in [1.165, 1.54) is 11.0 Å². The monoisotopic (exact) mass is 391 g/mol. The summed E-state index contributed by atoms with van der Waals surface area (Å²) < 4.78 is 27.4. The van der Waals surface area contributed by atoms with Gasteiger partial charge in [-0.05, 0) is 42.0 Å². The molecule has 0 saturated carbocycles. The first-order valence-corrected chi connectivity index (χ1v) is 10.6. The van der Waals surface area contributed by atoms with Gasteiger partial charge in [0.1, 0.15) is 10.3 Å². The second-order valence-corrected chi connectivity index (χ2v) is 9.15. The van der Waals surface area contributed by atoms with Crippen molar-refractivity contribution in [3.63, 3.8) is 0 Å². The van der Waals surface area contributed by atoms with Gasteiger partial charge in [0.05, 0.1) is 6.54 Å². The molecule has 0 radical (unpaired) electrons. The van der Waals surface area contributed by atoms with Crippen molar-refractivity contribution in [3.8, 4) is 0 Å². The van der Waals surface area contributed by atoms with Crippen LogP contribution >= 0.6 is 11.3 Å². The van der Waals surface area contributed by atoms with E-state index in [4.69, 9.17) is 0 Å². The lowest BCUT2D eigenvalue weighted by Crippen LogP contribution is -2.32. The molecule has 1 atom stereocenters. The second-order valence-electron chi connectivity index (χ2n) is 6.30. The van der Waals surface area contributed by atoms with Crippen molar-refractivity contribution in [2.75, 3.05) is 11.3 Å². The number of urea groups is 1. The Morgan fingerprint density at radius 2 is 2.04 bits per heavy atom. The molecule has 0 aliphatic carbocycles. The molecule has 9 heteroatoms. The van der Waals surface area contributed by atoms with Crippen LogP contribution in [0.15, 0.2) is 46.0 Å². The minimum Gasteiger partial charge on any atom is -0.312 e. The predicted octanol–water partition coefficient (Wildman–Crippen LogP) is 2.48. The highest BCUT2D eigenvalue weighted by atomic mass is 32.2. The zero-order chi connectivity index (χ0) is 18.3. The van der Waals surface area contributed by atoms with E-state index < -0.39 is 10.0 Å². The predicted molar refractivity (Wildman–Crippen MR) is 97.2 cm³/mol. The lowest BCUT2D eigenvalue weighted by atomic mass is 10.1. The Hall–Kier alpha value is -2.39. The fourth-order valence-electron chi connectivity index (χ4n) is 3.36. The zero-order valence-electron chi connectivity index (χ0n) is 13.8. The highest BCUT2D eigenvalue weighted by molar-refractivity contribution is 7.94. The first-order chi connectivity index (χ1) is 12.5. The number of rotatable bonds is 5. The molecular formula is C17H17N3O4S2. The average molecular weight is 391 g/mol. The minimum atomic E-state index is -3.64. The summed E-state index contributed by atoms with van der Waals surface area (Å²) in [4.78, 5) is 27.7. The van der Waals surface area contributed by atoms with Crippen LogP contribution in [0.25, 0.3) is 0 Å². The summed E-state index contributed by atoms with van der Waals surface area (Å²) in [6.07, 6.45) is 1.57. The van der Waals surface area contributed by atoms with Crippen LogP contribution in [0, 0.1) is 0 Å². The number of hydrogen-bond acceptors (Lipinski definition) is 5. The third kappa shape index (κ3) is 2.97. The summed E-state index contributed by atoms with van der Waals surface area (Å²) in [7, 11) is -3.64. The molecule has 2 aliphatic heterocycles. The van der Waals surface area contributed by atoms with Crippen molar-refractivity contribution < 1.29 is 18.0 Å². The minimum absolute atomic E-state index is 0.138. The molecule has 136 valence electrons. The number of carbonyl (C=O) groups is 2. The van der Waals surface area contributed by atoms with E-state index >= 15 is 0 Å². The molecule has 1 unspecified atom stereocenters. The van der Waals surface area contributed by atoms with Gasteiger partial charge >= 0.3 is 6.03 Å². The van der Waals surface area contributed by atoms with Gasteiger partial charge in [-0.25, -0.2) is 13.2 Å². The Morgan fingerprint density at radius 3 is 2.77 bits per heavy atom. The quantitative estimate of drug-likeness (QED) is 0.794. The topological polar surface area (TPSA) is 86.8 Å². The molecule has 0 spiro atoms. The molecule has 26 heavy (non-hydrogen) atoms. The molecule has 2 saturated heterocycles. The van der Waals surface area contributed by atoms with Crippen molar-refractivity contribution in [1.82, 2.24) is 9.80 Å². The highest BCUT2D eigenvalue weighted by Crippen LogP contribution is 2.29. The number of thiophene rings is 1. The average Bonchev–Trinajstić information content (AvgIpc) is 3.32. The van der Waals surface area contributed by atoms with Crippen molar-refractivity contribution in [2.24, 2.45) is 0 Å². The van der Waals surface area contributed by atoms with Gasteiger partial charge in [-0.2, -0.15) is 0 Å². The number of sulfonamides is 1. The summed E-state index contributed by atoms with van der Waals surface area (Å²) in [5, 5.41) is 1.70. The van der Waals surface area contributed by atoms with Crippen LogP contribution in [0.5, 0.6) is 0 Å². The number of carbonyl (C=O) groups excluding carboxylic acids is 2. The number of imide groups is 1. The maximum absolute atomic E-state index is 12.4. The summed E-state index contributed by atoms with van der Waals surface area (Å²) >= 11 is 1.14. The lowest BCUT2D eigenvalue weighted by Gasteiger charge is -2.16. The van der Waals surface area contributed by atoms with Crippen molar-refractivity contribution >= 4 is 39.0 Å². The SMILES string of the molecule is O=C1C2CCCN2C(=O)N1Cc1cccc(NS(=O)(=O)c2cccs2)c1. The number of nitrogens with one attached hydrogen (secondary N) is 1. The molecule has 7 nitrogen and oxygen atoms in total. The Balaban J connectivity index is 1.52. The normalized spacial score (nSPS) is 19.9. The molecule has 0 bridgehead atoms. The van der Waals surface area contributed by atoms with Crippen molar-refractivity contribution in [2.45, 2.75) is 29.6 Å². The molecule has 1 N–H and O–H groups in total. The molecule has 4 rings (SSSR count). The first-order valence-electron chi connectivity index (χ1n) is 8.23. The second kappa shape index (κ2) is 6.40. The zero-order valence-corrected chi connectivity index (χ0v) is 15.4. The Labute approximate surface area is 155 Å². The molecule has 3 heterocycles. The number of benzene rings is 1. The largest absolute Gasteiger partial charge is 0.327 e. The summed E-state index contributed by atoms with van der Waals surface area (Å²) in [6.45, 7) is 0.756. The Morgan fingerprint density at radius 1 is 1.19 bits per heavy atom. The standard InChI is InChI=1S/C17H17N3O4S2/c21-16-14-6-2-8-19(14)17(22)20(16)11-12-4-1-5-13(10-12)18-26(23,24)15-7-3-9-25-15/h1,3-5,7,9-10,14,18H,2,6,8,11H2. The van der Waals surface area contributed by atoms with E-state index in [0.717, 1.165) is 17.8 Å². The fourth-order valence-corrected chi connectivity index (χ4v) is 5.41. The van der Waals surface area contributed by atoms with Crippen LogP contribution in [0.1, 0.15) is 18.4 Å². The molecule has 3 amide bonds. The van der Waals surface area contributed by atoms with Crippen LogP contribution in [0.4, 0.5) is 10.5 Å². The molecular weight excluding hydrogens is 374 g/mol. The third-order valence-corrected chi connectivity index (χ3v) is 7.34. The van der Waals surface area contributed by atoms with E-state index in [9.17, 15) is 18.0 Å². The van der Waals surface area contributed by atoms with Crippen LogP contribution < -0.4 is 4.72 Å². The maximum atomic E-state index is 12.4. The number of anilines is 1. The van der Waals surface area contributed by atoms with E-state index in [0.29, 0.717) is 24.2 Å². The van der Waals surface area contributed by atoms with E-state index in [-0.39, 0.29) is 28.7 Å². The molecule has 1 aromatic heterocycles. The summed E-state index contributed by atoms with van der Waals surface area (Å²) in [5.41, 5.74) is 1.09. The molecule has 2 aliphatic rings. The molecule has 2 aromatic rings. The lowest BCUT2D eigenvalue weighted by molar-refractivity contribution is -0.128. The van der Waals surface area contributed by atoms with Gasteiger partial charge in [-0.1, -0.05) is 18.2 Å². The van der Waals surface area contributed by atoms with Crippen molar-refractivity contribution in [3.05, 3.63) is 47.3 Å². The van der Waals surface area contributed by atoms with Gasteiger partial charge in [0.15, 0.2) is 0 Å². The number of amides is 3. The third-order valence-electron chi connectivity index (χ3n) is 4.56. The van der Waals surface area contributed by atoms with Gasteiger partial charge in [0, 0.05) is 12.2 Å². The molecule has 2 fully saturated rings. The van der Waals surface area contributed by atoms with Crippen LogP contribution in [0.2, 0.25) is 0 Å². The van der Waals surface area contributed by atoms with E-state index in [1.54, 1.807) is 40.6 Å². The highest BCUT2D eigenvalue weighted by Gasteiger charge is 2.47. The Bertz CT molecular complexity index is 934. The summed E-state index contributed by atoms with van der Waals surface area (Å²) in [6, 6.07) is 9.37. The van der Waals surface area contributed by atoms with Gasteiger partial charge in [0.2, 0.25) is 0 Å². The first kappa shape index (κ1) is 17.0. The van der Waals surface area contributed by atoms with E-state index in [2.05, 4.69) is 4.72 Å². The number of hydrogen-bond donors (Lipinski definition) is 1. The van der Waals surface area contributed by atoms with Crippen LogP contribution in [0.3, 0.4) is 0 Å². The maximum Gasteiger partial charge on any atom is 0.327 e. The summed E-state index contributed by atoms with van der Waals surface area (Å²) in [5.74, 6) is -0.169. The van der Waals surface area contributed by atoms with Gasteiger partial charge in [-0.15, -0.1) is 11.3 Å². The number of fused-ring (bicyclic) bond motifs is 1. The van der Waals surface area contributed by atoms with Gasteiger partial charge in [-0.3, -0.25) is 14.4 Å². The smallest absolute Gasteiger partial charge is 0.312 e.